The molecule has 34 heavy (non-hydrogen) atoms. The number of aromatic nitrogens is 3. The zero-order valence-electron chi connectivity index (χ0n) is 18.8. The molecule has 1 aromatic carbocycles. The predicted octanol–water partition coefficient (Wildman–Crippen LogP) is 3.42. The van der Waals surface area contributed by atoms with Crippen LogP contribution in [-0.2, 0) is 9.59 Å². The average molecular weight is 465 g/mol. The number of pyridine rings is 1. The van der Waals surface area contributed by atoms with Crippen LogP contribution in [0.5, 0.6) is 11.5 Å². The molecule has 0 radical (unpaired) electrons. The van der Waals surface area contributed by atoms with Crippen LogP contribution < -0.4 is 15.4 Å². The summed E-state index contributed by atoms with van der Waals surface area (Å²) in [4.78, 5) is 29.0. The van der Waals surface area contributed by atoms with E-state index in [2.05, 4.69) is 25.8 Å². The Balaban J connectivity index is 1.29. The van der Waals surface area contributed by atoms with Gasteiger partial charge in [0.2, 0.25) is 17.8 Å². The second-order valence-electron chi connectivity index (χ2n) is 8.41. The Kier molecular flexibility index (Phi) is 5.60. The molecule has 5 rings (SSSR count). The lowest BCUT2D eigenvalue weighted by atomic mass is 10.1. The minimum Gasteiger partial charge on any atom is -0.456 e. The Bertz CT molecular complexity index is 1300. The first-order chi connectivity index (χ1) is 16.4. The van der Waals surface area contributed by atoms with Crippen LogP contribution in [-0.4, -0.2) is 49.7 Å². The normalized spacial score (nSPS) is 17.6. The number of benzene rings is 1. The maximum atomic E-state index is 14.4. The second-order valence-corrected chi connectivity index (χ2v) is 8.41. The molecule has 3 aromatic rings. The smallest absolute Gasteiger partial charge is 0.249 e. The van der Waals surface area contributed by atoms with Gasteiger partial charge in [-0.2, -0.15) is 10.1 Å². The van der Waals surface area contributed by atoms with Gasteiger partial charge in [-0.1, -0.05) is 0 Å². The van der Waals surface area contributed by atoms with Crippen molar-refractivity contribution in [2.75, 3.05) is 17.2 Å². The molecule has 3 heterocycles. The number of carbonyl (C=O) groups is 2. The van der Waals surface area contributed by atoms with Crippen molar-refractivity contribution >= 4 is 34.8 Å². The Hall–Kier alpha value is -4.02. The summed E-state index contributed by atoms with van der Waals surface area (Å²) in [5.74, 6) is 0.0742. The van der Waals surface area contributed by atoms with Crippen LogP contribution in [0.4, 0.5) is 16.0 Å². The molecule has 2 amide bonds. The van der Waals surface area contributed by atoms with Crippen molar-refractivity contribution < 1.29 is 18.7 Å². The molecule has 1 aliphatic carbocycles. The highest BCUT2D eigenvalue weighted by molar-refractivity contribution is 6.00. The Labute approximate surface area is 194 Å². The third-order valence-electron chi connectivity index (χ3n) is 5.69. The Morgan fingerprint density at radius 1 is 1.15 bits per heavy atom. The summed E-state index contributed by atoms with van der Waals surface area (Å²) in [5, 5.41) is 15.7. The predicted molar refractivity (Wildman–Crippen MR) is 123 cm³/mol. The Morgan fingerprint density at radius 3 is 2.71 bits per heavy atom. The van der Waals surface area contributed by atoms with E-state index in [1.807, 2.05) is 13.8 Å². The van der Waals surface area contributed by atoms with Gasteiger partial charge in [0.25, 0.3) is 0 Å². The molecule has 1 aliphatic heterocycles. The van der Waals surface area contributed by atoms with Crippen LogP contribution in [0.25, 0.3) is 5.65 Å². The number of likely N-dealkylation sites (N-methyl/N-ethyl adjacent to an activating group) is 1. The van der Waals surface area contributed by atoms with Gasteiger partial charge >= 0.3 is 0 Å². The number of ether oxygens (including phenoxy) is 1. The highest BCUT2D eigenvalue weighted by Gasteiger charge is 2.31. The molecule has 2 aliphatic rings. The van der Waals surface area contributed by atoms with Crippen LogP contribution in [0, 0.1) is 11.7 Å². The standard InChI is InChI=1S/C23H24FN7O3/c1-3-30-19(10-13(2)28-30)22(33)25-18-11-15(6-8-17(18)24)34-16-7-9-20-26-23(29-31(20)12-16)27-21(32)14-4-5-14/h6-9,11-12,14,19H,3-5,10H2,1-2H3,(H,25,33)(H,27,29,32). The van der Waals surface area contributed by atoms with Crippen LogP contribution in [0.1, 0.15) is 33.1 Å². The summed E-state index contributed by atoms with van der Waals surface area (Å²) < 4.78 is 21.8. The molecule has 1 unspecified atom stereocenters. The van der Waals surface area contributed by atoms with E-state index < -0.39 is 11.9 Å². The number of amides is 2. The molecule has 1 atom stereocenters. The summed E-state index contributed by atoms with van der Waals surface area (Å²) in [6.07, 6.45) is 3.89. The zero-order chi connectivity index (χ0) is 23.8. The molecule has 1 saturated carbocycles. The lowest BCUT2D eigenvalue weighted by Gasteiger charge is -2.21. The van der Waals surface area contributed by atoms with Crippen LogP contribution in [0.15, 0.2) is 41.6 Å². The molecular weight excluding hydrogens is 441 g/mol. The van der Waals surface area contributed by atoms with Crippen molar-refractivity contribution in [3.63, 3.8) is 0 Å². The van der Waals surface area contributed by atoms with Gasteiger partial charge in [0.15, 0.2) is 5.65 Å². The number of hydrogen-bond donors (Lipinski definition) is 2. The first kappa shape index (κ1) is 21.8. The number of anilines is 2. The fourth-order valence-electron chi connectivity index (χ4n) is 3.79. The molecule has 1 fully saturated rings. The van der Waals surface area contributed by atoms with E-state index in [1.54, 1.807) is 23.3 Å². The number of rotatable bonds is 7. The van der Waals surface area contributed by atoms with E-state index in [9.17, 15) is 14.0 Å². The van der Waals surface area contributed by atoms with Gasteiger partial charge in [-0.25, -0.2) is 8.91 Å². The molecule has 10 nitrogen and oxygen atoms in total. The number of halogens is 1. The maximum Gasteiger partial charge on any atom is 0.249 e. The number of nitrogens with one attached hydrogen (secondary N) is 2. The quantitative estimate of drug-likeness (QED) is 0.553. The van der Waals surface area contributed by atoms with Gasteiger partial charge in [-0.15, -0.1) is 5.10 Å². The summed E-state index contributed by atoms with van der Waals surface area (Å²) in [6.45, 7) is 4.35. The van der Waals surface area contributed by atoms with E-state index >= 15 is 0 Å². The maximum absolute atomic E-state index is 14.4. The van der Waals surface area contributed by atoms with Gasteiger partial charge in [-0.05, 0) is 51.0 Å². The average Bonchev–Trinajstić information content (AvgIpc) is 3.48. The fraction of sp³-hybridized carbons (Fsp3) is 0.348. The van der Waals surface area contributed by atoms with Gasteiger partial charge < -0.3 is 10.1 Å². The van der Waals surface area contributed by atoms with Crippen molar-refractivity contribution in [2.45, 2.75) is 39.2 Å². The van der Waals surface area contributed by atoms with E-state index in [4.69, 9.17) is 4.74 Å². The minimum absolute atomic E-state index is 0.0232. The van der Waals surface area contributed by atoms with Crippen molar-refractivity contribution in [1.29, 1.82) is 0 Å². The lowest BCUT2D eigenvalue weighted by molar-refractivity contribution is -0.120. The first-order valence-corrected chi connectivity index (χ1v) is 11.2. The van der Waals surface area contributed by atoms with Gasteiger partial charge in [0, 0.05) is 30.7 Å². The van der Waals surface area contributed by atoms with Crippen molar-refractivity contribution in [3.8, 4) is 11.5 Å². The summed E-state index contributed by atoms with van der Waals surface area (Å²) in [7, 11) is 0. The van der Waals surface area contributed by atoms with Crippen molar-refractivity contribution in [1.82, 2.24) is 19.6 Å². The zero-order valence-corrected chi connectivity index (χ0v) is 18.8. The largest absolute Gasteiger partial charge is 0.456 e. The molecule has 0 bridgehead atoms. The molecule has 176 valence electrons. The van der Waals surface area contributed by atoms with Crippen molar-refractivity contribution in [3.05, 3.63) is 42.3 Å². The molecule has 0 spiro atoms. The first-order valence-electron chi connectivity index (χ1n) is 11.2. The topological polar surface area (TPSA) is 113 Å². The van der Waals surface area contributed by atoms with E-state index in [-0.39, 0.29) is 29.4 Å². The fourth-order valence-corrected chi connectivity index (χ4v) is 3.79. The van der Waals surface area contributed by atoms with Crippen LogP contribution in [0.3, 0.4) is 0 Å². The number of fused-ring (bicyclic) bond motifs is 1. The number of hydrogen-bond acceptors (Lipinski definition) is 7. The van der Waals surface area contributed by atoms with Gasteiger partial charge in [0.05, 0.1) is 11.9 Å². The minimum atomic E-state index is -0.567. The monoisotopic (exact) mass is 465 g/mol. The van der Waals surface area contributed by atoms with E-state index in [1.165, 1.54) is 22.7 Å². The number of hydrazone groups is 1. The van der Waals surface area contributed by atoms with E-state index in [0.717, 1.165) is 18.6 Å². The summed E-state index contributed by atoms with van der Waals surface area (Å²) in [5.41, 5.74) is 1.42. The number of carbonyl (C=O) groups excluding carboxylic acids is 2. The highest BCUT2D eigenvalue weighted by atomic mass is 19.1. The highest BCUT2D eigenvalue weighted by Crippen LogP contribution is 2.30. The van der Waals surface area contributed by atoms with Gasteiger partial charge in [0.1, 0.15) is 23.4 Å². The SMILES string of the molecule is CCN1N=C(C)CC1C(=O)Nc1cc(Oc2ccc3nc(NC(=O)C4CC4)nn3c2)ccc1F. The molecule has 11 heteroatoms. The van der Waals surface area contributed by atoms with Crippen LogP contribution in [0.2, 0.25) is 0 Å². The lowest BCUT2D eigenvalue weighted by Crippen LogP contribution is -2.38. The Morgan fingerprint density at radius 2 is 1.94 bits per heavy atom. The third kappa shape index (κ3) is 4.54. The summed E-state index contributed by atoms with van der Waals surface area (Å²) >= 11 is 0. The summed E-state index contributed by atoms with van der Waals surface area (Å²) in [6, 6.07) is 7.05. The molecule has 2 aromatic heterocycles. The molecule has 2 N–H and O–H groups in total. The van der Waals surface area contributed by atoms with Crippen LogP contribution >= 0.6 is 0 Å². The molecule has 0 saturated heterocycles. The van der Waals surface area contributed by atoms with E-state index in [0.29, 0.717) is 30.1 Å². The molecular formula is C23H24FN7O3. The number of nitrogens with zero attached hydrogens (tertiary/aromatic N) is 5. The second kappa shape index (κ2) is 8.73. The van der Waals surface area contributed by atoms with Crippen molar-refractivity contribution in [2.24, 2.45) is 11.0 Å². The third-order valence-corrected chi connectivity index (χ3v) is 5.69. The van der Waals surface area contributed by atoms with Gasteiger partial charge in [-0.3, -0.25) is 19.9 Å².